The van der Waals surface area contributed by atoms with Crippen molar-refractivity contribution in [2.45, 2.75) is 25.3 Å². The van der Waals surface area contributed by atoms with Crippen LogP contribution < -0.4 is 9.47 Å². The Balaban J connectivity index is 1.69. The summed E-state index contributed by atoms with van der Waals surface area (Å²) in [6.07, 6.45) is -3.20. The smallest absolute Gasteiger partial charge is 0.407 e. The van der Waals surface area contributed by atoms with Crippen LogP contribution in [-0.4, -0.2) is 41.5 Å². The maximum atomic E-state index is 14.3. The lowest BCUT2D eigenvalue weighted by Crippen LogP contribution is -2.48. The molecule has 6 nitrogen and oxygen atoms in total. The van der Waals surface area contributed by atoms with Gasteiger partial charge in [0.15, 0.2) is 6.17 Å². The summed E-state index contributed by atoms with van der Waals surface area (Å²) in [6.45, 7) is 0.299. The van der Waals surface area contributed by atoms with E-state index in [1.54, 1.807) is 18.2 Å². The Kier molecular flexibility index (Phi) is 5.77. The van der Waals surface area contributed by atoms with Gasteiger partial charge in [-0.25, -0.2) is 9.18 Å². The molecule has 3 rings (SSSR count). The fourth-order valence-electron chi connectivity index (χ4n) is 2.88. The number of hydrogen-bond donors (Lipinski definition) is 1. The van der Waals surface area contributed by atoms with Gasteiger partial charge >= 0.3 is 6.09 Å². The summed E-state index contributed by atoms with van der Waals surface area (Å²) in [4.78, 5) is 12.0. The largest absolute Gasteiger partial charge is 0.489 e. The molecule has 0 unspecified atom stereocenters. The molecule has 1 aliphatic rings. The first-order chi connectivity index (χ1) is 13.1. The van der Waals surface area contributed by atoms with Crippen LogP contribution >= 0.6 is 0 Å². The van der Waals surface area contributed by atoms with Crippen LogP contribution in [0, 0.1) is 11.3 Å². The van der Waals surface area contributed by atoms with E-state index in [4.69, 9.17) is 14.6 Å². The van der Waals surface area contributed by atoms with E-state index in [-0.39, 0.29) is 30.8 Å². The van der Waals surface area contributed by atoms with Crippen molar-refractivity contribution >= 4 is 6.09 Å². The lowest BCUT2D eigenvalue weighted by atomic mass is 10.1. The van der Waals surface area contributed by atoms with E-state index in [1.165, 1.54) is 0 Å². The number of ether oxygens (including phenoxy) is 2. The van der Waals surface area contributed by atoms with Gasteiger partial charge in [0.25, 0.3) is 0 Å². The summed E-state index contributed by atoms with van der Waals surface area (Å²) in [6, 6.07) is 16.4. The summed E-state index contributed by atoms with van der Waals surface area (Å²) in [5.74, 6) is 0.741. The third kappa shape index (κ3) is 4.67. The van der Waals surface area contributed by atoms with Crippen molar-refractivity contribution in [2.24, 2.45) is 0 Å². The van der Waals surface area contributed by atoms with Gasteiger partial charge in [0, 0.05) is 19.0 Å². The number of benzene rings is 2. The summed E-state index contributed by atoms with van der Waals surface area (Å²) < 4.78 is 25.7. The molecule has 1 amide bonds. The number of nitrogens with zero attached hydrogens (tertiary/aromatic N) is 2. The van der Waals surface area contributed by atoms with Crippen molar-refractivity contribution in [2.75, 3.05) is 13.1 Å². The number of hydrogen-bond acceptors (Lipinski definition) is 4. The van der Waals surface area contributed by atoms with E-state index in [0.717, 1.165) is 10.5 Å². The second-order valence-electron chi connectivity index (χ2n) is 6.23. The molecule has 7 heteroatoms. The maximum Gasteiger partial charge on any atom is 0.407 e. The zero-order chi connectivity index (χ0) is 19.2. The molecule has 2 aromatic rings. The Morgan fingerprint density at radius 3 is 2.74 bits per heavy atom. The molecule has 0 aliphatic carbocycles. The first-order valence-electron chi connectivity index (χ1n) is 8.56. The van der Waals surface area contributed by atoms with Crippen LogP contribution in [0.25, 0.3) is 0 Å². The third-order valence-corrected chi connectivity index (χ3v) is 4.35. The Labute approximate surface area is 156 Å². The quantitative estimate of drug-likeness (QED) is 0.869. The Hall–Kier alpha value is -3.27. The minimum atomic E-state index is -1.46. The van der Waals surface area contributed by atoms with Crippen LogP contribution in [0.3, 0.4) is 0 Å². The fourth-order valence-corrected chi connectivity index (χ4v) is 2.88. The first-order valence-corrected chi connectivity index (χ1v) is 8.56. The minimum Gasteiger partial charge on any atom is -0.489 e. The number of likely N-dealkylation sites (tertiary alicyclic amines) is 1. The zero-order valence-corrected chi connectivity index (χ0v) is 14.5. The lowest BCUT2D eigenvalue weighted by Gasteiger charge is -2.33. The summed E-state index contributed by atoms with van der Waals surface area (Å²) in [5, 5.41) is 18.2. The molecular weight excluding hydrogens is 351 g/mol. The van der Waals surface area contributed by atoms with Gasteiger partial charge < -0.3 is 19.5 Å². The molecule has 1 saturated heterocycles. The van der Waals surface area contributed by atoms with Crippen molar-refractivity contribution in [3.63, 3.8) is 0 Å². The molecule has 1 N–H and O–H groups in total. The van der Waals surface area contributed by atoms with Gasteiger partial charge in [-0.2, -0.15) is 5.26 Å². The van der Waals surface area contributed by atoms with Gasteiger partial charge in [0.05, 0.1) is 12.1 Å². The summed E-state index contributed by atoms with van der Waals surface area (Å²) in [5.41, 5.74) is 1.27. The van der Waals surface area contributed by atoms with Gasteiger partial charge in [-0.05, 0) is 17.7 Å². The zero-order valence-electron chi connectivity index (χ0n) is 14.5. The van der Waals surface area contributed by atoms with Crippen molar-refractivity contribution in [3.8, 4) is 17.6 Å². The third-order valence-electron chi connectivity index (χ3n) is 4.35. The molecule has 2 atom stereocenters. The van der Waals surface area contributed by atoms with Gasteiger partial charge in [-0.1, -0.05) is 30.3 Å². The number of halogens is 1. The van der Waals surface area contributed by atoms with Crippen molar-refractivity contribution < 1.29 is 23.8 Å². The van der Waals surface area contributed by atoms with Gasteiger partial charge in [0.1, 0.15) is 30.3 Å². The molecule has 1 fully saturated rings. The molecule has 0 radical (unpaired) electrons. The van der Waals surface area contributed by atoms with Crippen molar-refractivity contribution in [3.05, 3.63) is 59.7 Å². The Morgan fingerprint density at radius 1 is 1.30 bits per heavy atom. The van der Waals surface area contributed by atoms with Crippen LogP contribution in [0.15, 0.2) is 48.5 Å². The second-order valence-corrected chi connectivity index (χ2v) is 6.23. The Bertz CT molecular complexity index is 838. The average Bonchev–Trinajstić information content (AvgIpc) is 2.68. The van der Waals surface area contributed by atoms with Gasteiger partial charge in [-0.15, -0.1) is 0 Å². The highest BCUT2D eigenvalue weighted by Gasteiger charge is 2.33. The number of rotatable bonds is 5. The van der Waals surface area contributed by atoms with Crippen LogP contribution in [0.1, 0.15) is 17.5 Å². The molecule has 2 aromatic carbocycles. The average molecular weight is 370 g/mol. The SMILES string of the molecule is N#Cc1ccc(OCc2ccccc2)cc1O[C@@H]1CCN(C(=O)O)C[C@@H]1F. The molecule has 27 heavy (non-hydrogen) atoms. The molecule has 0 aromatic heterocycles. The van der Waals surface area contributed by atoms with Crippen LogP contribution in [0.4, 0.5) is 9.18 Å². The van der Waals surface area contributed by atoms with E-state index in [9.17, 15) is 14.4 Å². The predicted octanol–water partition coefficient (Wildman–Crippen LogP) is 3.61. The highest BCUT2D eigenvalue weighted by atomic mass is 19.1. The van der Waals surface area contributed by atoms with Crippen LogP contribution in [-0.2, 0) is 6.61 Å². The molecule has 0 spiro atoms. The van der Waals surface area contributed by atoms with E-state index < -0.39 is 18.4 Å². The van der Waals surface area contributed by atoms with Crippen LogP contribution in [0.2, 0.25) is 0 Å². The summed E-state index contributed by atoms with van der Waals surface area (Å²) >= 11 is 0. The number of amides is 1. The number of piperidine rings is 1. The molecule has 1 aliphatic heterocycles. The maximum absolute atomic E-state index is 14.3. The second kappa shape index (κ2) is 8.41. The molecule has 0 saturated carbocycles. The van der Waals surface area contributed by atoms with E-state index in [0.29, 0.717) is 12.4 Å². The standard InChI is InChI=1S/C20H19FN2O4/c21-17-12-23(20(24)25)9-8-18(17)27-19-10-16(7-6-15(19)11-22)26-13-14-4-2-1-3-5-14/h1-7,10,17-18H,8-9,12-13H2,(H,24,25)/t17-,18+/m0/s1. The van der Waals surface area contributed by atoms with Crippen molar-refractivity contribution in [1.29, 1.82) is 5.26 Å². The first kappa shape index (κ1) is 18.5. The number of alkyl halides is 1. The summed E-state index contributed by atoms with van der Waals surface area (Å²) in [7, 11) is 0. The normalized spacial score (nSPS) is 19.2. The predicted molar refractivity (Wildman–Crippen MR) is 95.5 cm³/mol. The van der Waals surface area contributed by atoms with E-state index in [1.807, 2.05) is 36.4 Å². The molecule has 1 heterocycles. The van der Waals surface area contributed by atoms with E-state index >= 15 is 0 Å². The molecule has 0 bridgehead atoms. The highest BCUT2D eigenvalue weighted by Crippen LogP contribution is 2.29. The number of carbonyl (C=O) groups is 1. The molecule has 140 valence electrons. The van der Waals surface area contributed by atoms with E-state index in [2.05, 4.69) is 0 Å². The van der Waals surface area contributed by atoms with Gasteiger partial charge in [-0.3, -0.25) is 0 Å². The van der Waals surface area contributed by atoms with Gasteiger partial charge in [0.2, 0.25) is 0 Å². The van der Waals surface area contributed by atoms with Crippen molar-refractivity contribution in [1.82, 2.24) is 4.90 Å². The number of nitriles is 1. The minimum absolute atomic E-state index is 0.187. The molecular formula is C20H19FN2O4. The number of carboxylic acid groups (broad SMARTS) is 1. The Morgan fingerprint density at radius 2 is 2.07 bits per heavy atom. The topological polar surface area (TPSA) is 82.8 Å². The fraction of sp³-hybridized carbons (Fsp3) is 0.300. The monoisotopic (exact) mass is 370 g/mol. The highest BCUT2D eigenvalue weighted by molar-refractivity contribution is 5.65. The van der Waals surface area contributed by atoms with Crippen LogP contribution in [0.5, 0.6) is 11.5 Å². The lowest BCUT2D eigenvalue weighted by molar-refractivity contribution is 0.0246.